The predicted octanol–water partition coefficient (Wildman–Crippen LogP) is 2.71. The molecule has 6 heteroatoms. The number of likely N-dealkylation sites (tertiary alicyclic amines) is 1. The van der Waals surface area contributed by atoms with Crippen molar-refractivity contribution < 1.29 is 14.7 Å². The van der Waals surface area contributed by atoms with Gasteiger partial charge in [-0.25, -0.2) is 4.79 Å². The van der Waals surface area contributed by atoms with Crippen LogP contribution in [0.1, 0.15) is 37.1 Å². The zero-order valence-corrected chi connectivity index (χ0v) is 12.4. The normalized spacial score (nSPS) is 17.8. The summed E-state index contributed by atoms with van der Waals surface area (Å²) < 4.78 is 0. The summed E-state index contributed by atoms with van der Waals surface area (Å²) in [6, 6.07) is 3.96. The molecule has 110 valence electrons. The third kappa shape index (κ3) is 3.50. The van der Waals surface area contributed by atoms with E-state index in [0.717, 1.165) is 11.3 Å². The molecule has 2 rings (SSSR count). The van der Waals surface area contributed by atoms with Crippen molar-refractivity contribution in [1.29, 1.82) is 0 Å². The number of aliphatic carboxylic acids is 1. The van der Waals surface area contributed by atoms with Gasteiger partial charge in [0.15, 0.2) is 0 Å². The largest absolute Gasteiger partial charge is 0.481 e. The van der Waals surface area contributed by atoms with Gasteiger partial charge in [-0.3, -0.25) is 4.79 Å². The van der Waals surface area contributed by atoms with Crippen LogP contribution in [0.15, 0.2) is 17.5 Å². The molecule has 5 nitrogen and oxygen atoms in total. The van der Waals surface area contributed by atoms with E-state index in [4.69, 9.17) is 5.11 Å². The summed E-state index contributed by atoms with van der Waals surface area (Å²) in [7, 11) is 0. The Labute approximate surface area is 122 Å². The molecule has 1 saturated heterocycles. The zero-order valence-electron chi connectivity index (χ0n) is 11.5. The second-order valence-electron chi connectivity index (χ2n) is 5.03. The summed E-state index contributed by atoms with van der Waals surface area (Å²) in [6.07, 6.45) is 1.93. The Bertz CT molecular complexity index is 453. The number of carbonyl (C=O) groups excluding carboxylic acids is 1. The summed E-state index contributed by atoms with van der Waals surface area (Å²) in [5.41, 5.74) is 0. The fraction of sp³-hybridized carbons (Fsp3) is 0.571. The molecule has 0 aromatic carbocycles. The molecule has 1 unspecified atom stereocenters. The molecule has 0 aliphatic carbocycles. The summed E-state index contributed by atoms with van der Waals surface area (Å²) in [5, 5.41) is 14.0. The number of hydrogen-bond donors (Lipinski definition) is 2. The van der Waals surface area contributed by atoms with Crippen LogP contribution in [0.2, 0.25) is 0 Å². The van der Waals surface area contributed by atoms with Crippen LogP contribution in [-0.2, 0) is 4.79 Å². The van der Waals surface area contributed by atoms with Crippen LogP contribution >= 0.6 is 11.3 Å². The smallest absolute Gasteiger partial charge is 0.317 e. The molecule has 0 bridgehead atoms. The molecule has 1 aromatic rings. The highest BCUT2D eigenvalue weighted by molar-refractivity contribution is 7.10. The van der Waals surface area contributed by atoms with E-state index in [0.29, 0.717) is 25.9 Å². The number of amides is 2. The molecular formula is C14H20N2O3S. The number of urea groups is 1. The minimum atomic E-state index is -0.755. The molecule has 1 aliphatic heterocycles. The molecule has 0 radical (unpaired) electrons. The van der Waals surface area contributed by atoms with E-state index in [-0.39, 0.29) is 18.0 Å². The third-order valence-corrected chi connectivity index (χ3v) is 4.71. The minimum absolute atomic E-state index is 0.0414. The van der Waals surface area contributed by atoms with Gasteiger partial charge in [0.2, 0.25) is 0 Å². The first kappa shape index (κ1) is 14.8. The van der Waals surface area contributed by atoms with Crippen LogP contribution in [0.3, 0.4) is 0 Å². The van der Waals surface area contributed by atoms with Crippen molar-refractivity contribution >= 4 is 23.3 Å². The van der Waals surface area contributed by atoms with Gasteiger partial charge in [0.25, 0.3) is 0 Å². The Morgan fingerprint density at radius 3 is 2.70 bits per heavy atom. The molecule has 1 aliphatic rings. The van der Waals surface area contributed by atoms with E-state index < -0.39 is 5.97 Å². The lowest BCUT2D eigenvalue weighted by Crippen LogP contribution is -2.46. The molecule has 20 heavy (non-hydrogen) atoms. The van der Waals surface area contributed by atoms with Crippen LogP contribution in [0, 0.1) is 5.92 Å². The van der Waals surface area contributed by atoms with Gasteiger partial charge in [0, 0.05) is 18.0 Å². The van der Waals surface area contributed by atoms with Gasteiger partial charge in [0.1, 0.15) is 0 Å². The molecule has 0 spiro atoms. The van der Waals surface area contributed by atoms with Crippen LogP contribution in [0.5, 0.6) is 0 Å². The first-order chi connectivity index (χ1) is 9.61. The van der Waals surface area contributed by atoms with Crippen LogP contribution in [0.4, 0.5) is 4.79 Å². The van der Waals surface area contributed by atoms with Crippen molar-refractivity contribution in [1.82, 2.24) is 10.2 Å². The second kappa shape index (κ2) is 6.74. The number of piperidine rings is 1. The quantitative estimate of drug-likeness (QED) is 0.897. The molecule has 0 saturated carbocycles. The fourth-order valence-corrected chi connectivity index (χ4v) is 3.30. The van der Waals surface area contributed by atoms with E-state index in [1.807, 2.05) is 24.4 Å². The average Bonchev–Trinajstić information content (AvgIpc) is 2.98. The van der Waals surface area contributed by atoms with E-state index >= 15 is 0 Å². The van der Waals surface area contributed by atoms with Crippen LogP contribution in [-0.4, -0.2) is 35.1 Å². The molecular weight excluding hydrogens is 276 g/mol. The summed E-state index contributed by atoms with van der Waals surface area (Å²) in [4.78, 5) is 26.0. The lowest BCUT2D eigenvalue weighted by Gasteiger charge is -2.31. The lowest BCUT2D eigenvalue weighted by molar-refractivity contribution is -0.143. The van der Waals surface area contributed by atoms with Crippen LogP contribution in [0.25, 0.3) is 0 Å². The number of carboxylic acid groups (broad SMARTS) is 1. The Kier molecular flexibility index (Phi) is 5.00. The molecule has 2 heterocycles. The van der Waals surface area contributed by atoms with E-state index in [2.05, 4.69) is 5.32 Å². The number of carbonyl (C=O) groups is 2. The minimum Gasteiger partial charge on any atom is -0.481 e. The van der Waals surface area contributed by atoms with Gasteiger partial charge in [-0.2, -0.15) is 0 Å². The molecule has 1 aromatic heterocycles. The maximum absolute atomic E-state index is 12.2. The fourth-order valence-electron chi connectivity index (χ4n) is 2.43. The van der Waals surface area contributed by atoms with Gasteiger partial charge in [-0.15, -0.1) is 11.3 Å². The van der Waals surface area contributed by atoms with Crippen molar-refractivity contribution in [3.63, 3.8) is 0 Å². The van der Waals surface area contributed by atoms with E-state index in [1.54, 1.807) is 16.2 Å². The molecule has 2 amide bonds. The SMILES string of the molecule is CCC(NC(=O)N1CCC(C(=O)O)CC1)c1cccs1. The van der Waals surface area contributed by atoms with Crippen molar-refractivity contribution in [3.8, 4) is 0 Å². The van der Waals surface area contributed by atoms with E-state index in [9.17, 15) is 9.59 Å². The Morgan fingerprint density at radius 2 is 2.20 bits per heavy atom. The highest BCUT2D eigenvalue weighted by Crippen LogP contribution is 2.23. The average molecular weight is 296 g/mol. The van der Waals surface area contributed by atoms with Crippen molar-refractivity contribution in [3.05, 3.63) is 22.4 Å². The first-order valence-electron chi connectivity index (χ1n) is 6.93. The first-order valence-corrected chi connectivity index (χ1v) is 7.81. The maximum atomic E-state index is 12.2. The third-order valence-electron chi connectivity index (χ3n) is 3.72. The summed E-state index contributed by atoms with van der Waals surface area (Å²) >= 11 is 1.64. The van der Waals surface area contributed by atoms with Crippen molar-refractivity contribution in [2.45, 2.75) is 32.2 Å². The monoisotopic (exact) mass is 296 g/mol. The van der Waals surface area contributed by atoms with Crippen LogP contribution < -0.4 is 5.32 Å². The standard InChI is InChI=1S/C14H20N2O3S/c1-2-11(12-4-3-9-20-12)15-14(19)16-7-5-10(6-8-16)13(17)18/h3-4,9-11H,2,5-8H2,1H3,(H,15,19)(H,17,18). The van der Waals surface area contributed by atoms with Gasteiger partial charge >= 0.3 is 12.0 Å². The number of nitrogens with zero attached hydrogens (tertiary/aromatic N) is 1. The van der Waals surface area contributed by atoms with E-state index in [1.165, 1.54) is 0 Å². The summed E-state index contributed by atoms with van der Waals surface area (Å²) in [5.74, 6) is -1.06. The van der Waals surface area contributed by atoms with Crippen molar-refractivity contribution in [2.24, 2.45) is 5.92 Å². The zero-order chi connectivity index (χ0) is 14.5. The Hall–Kier alpha value is -1.56. The number of thiophene rings is 1. The topological polar surface area (TPSA) is 69.6 Å². The number of hydrogen-bond acceptors (Lipinski definition) is 3. The maximum Gasteiger partial charge on any atom is 0.317 e. The Balaban J connectivity index is 1.87. The second-order valence-corrected chi connectivity index (χ2v) is 6.00. The summed E-state index contributed by atoms with van der Waals surface area (Å²) in [6.45, 7) is 3.08. The van der Waals surface area contributed by atoms with Gasteiger partial charge in [0.05, 0.1) is 12.0 Å². The number of carboxylic acids is 1. The Morgan fingerprint density at radius 1 is 1.50 bits per heavy atom. The number of nitrogens with one attached hydrogen (secondary N) is 1. The highest BCUT2D eigenvalue weighted by atomic mass is 32.1. The van der Waals surface area contributed by atoms with Gasteiger partial charge in [-0.05, 0) is 30.7 Å². The van der Waals surface area contributed by atoms with Gasteiger partial charge in [-0.1, -0.05) is 13.0 Å². The van der Waals surface area contributed by atoms with Gasteiger partial charge < -0.3 is 15.3 Å². The predicted molar refractivity (Wildman–Crippen MR) is 77.8 cm³/mol. The van der Waals surface area contributed by atoms with Crippen molar-refractivity contribution in [2.75, 3.05) is 13.1 Å². The molecule has 2 N–H and O–H groups in total. The highest BCUT2D eigenvalue weighted by Gasteiger charge is 2.27. The lowest BCUT2D eigenvalue weighted by atomic mass is 9.97. The molecule has 1 fully saturated rings. The number of rotatable bonds is 4. The molecule has 1 atom stereocenters.